The Morgan fingerprint density at radius 1 is 1.15 bits per heavy atom. The second kappa shape index (κ2) is 6.52. The summed E-state index contributed by atoms with van der Waals surface area (Å²) in [6, 6.07) is 6.22. The molecule has 0 spiro atoms. The van der Waals surface area contributed by atoms with Crippen LogP contribution in [0.25, 0.3) is 0 Å². The maximum atomic E-state index is 11.8. The molecule has 2 rings (SSSR count). The summed E-state index contributed by atoms with van der Waals surface area (Å²) in [4.78, 5) is 23.0. The number of rotatable bonds is 3. The number of urea groups is 1. The van der Waals surface area contributed by atoms with Gasteiger partial charge in [-0.15, -0.1) is 0 Å². The van der Waals surface area contributed by atoms with Crippen LogP contribution in [0.1, 0.15) is 43.0 Å². The molecule has 0 radical (unpaired) electrons. The van der Waals surface area contributed by atoms with E-state index in [1.807, 2.05) is 0 Å². The van der Waals surface area contributed by atoms with E-state index < -0.39 is 6.10 Å². The van der Waals surface area contributed by atoms with Gasteiger partial charge in [0.1, 0.15) is 0 Å². The van der Waals surface area contributed by atoms with E-state index >= 15 is 0 Å². The van der Waals surface area contributed by atoms with Crippen LogP contribution >= 0.6 is 0 Å². The lowest BCUT2D eigenvalue weighted by Gasteiger charge is -2.28. The number of ketones is 1. The van der Waals surface area contributed by atoms with Crippen molar-refractivity contribution < 1.29 is 14.7 Å². The van der Waals surface area contributed by atoms with Gasteiger partial charge in [-0.2, -0.15) is 0 Å². The van der Waals surface area contributed by atoms with E-state index in [1.54, 1.807) is 24.3 Å². The summed E-state index contributed by atoms with van der Waals surface area (Å²) in [6.07, 6.45) is 3.11. The fraction of sp³-hybridized carbons (Fsp3) is 0.467. The fourth-order valence-corrected chi connectivity index (χ4v) is 2.40. The molecule has 1 aliphatic rings. The zero-order valence-electron chi connectivity index (χ0n) is 11.6. The average molecular weight is 276 g/mol. The first-order valence-corrected chi connectivity index (χ1v) is 6.93. The van der Waals surface area contributed by atoms with Crippen LogP contribution in [0.3, 0.4) is 0 Å². The minimum atomic E-state index is -0.463. The number of carbonyl (C=O) groups is 2. The number of nitrogens with one attached hydrogen (secondary N) is 2. The number of Topliss-reactive ketones (excluding diaryl/α,β-unsaturated/α-hetero) is 1. The number of aliphatic hydroxyl groups excluding tert-OH is 1. The molecule has 1 aromatic rings. The van der Waals surface area contributed by atoms with Crippen molar-refractivity contribution in [2.75, 3.05) is 5.32 Å². The summed E-state index contributed by atoms with van der Waals surface area (Å²) < 4.78 is 0. The molecule has 0 aliphatic heterocycles. The van der Waals surface area contributed by atoms with Crippen molar-refractivity contribution >= 4 is 17.5 Å². The largest absolute Gasteiger partial charge is 0.391 e. The Bertz CT molecular complexity index is 484. The molecule has 2 atom stereocenters. The van der Waals surface area contributed by atoms with E-state index in [2.05, 4.69) is 10.6 Å². The quantitative estimate of drug-likeness (QED) is 0.741. The number of hydrogen-bond donors (Lipinski definition) is 3. The van der Waals surface area contributed by atoms with Gasteiger partial charge in [0, 0.05) is 11.3 Å². The summed E-state index contributed by atoms with van der Waals surface area (Å²) in [5, 5.41) is 15.3. The van der Waals surface area contributed by atoms with Crippen molar-refractivity contribution in [1.82, 2.24) is 5.32 Å². The Morgan fingerprint density at radius 2 is 1.80 bits per heavy atom. The molecular formula is C15H20N2O3. The van der Waals surface area contributed by atoms with Crippen LogP contribution < -0.4 is 10.6 Å². The summed E-state index contributed by atoms with van der Waals surface area (Å²) in [5.74, 6) is -0.00803. The molecular weight excluding hydrogens is 256 g/mol. The van der Waals surface area contributed by atoms with Crippen molar-refractivity contribution in [3.05, 3.63) is 29.8 Å². The first kappa shape index (κ1) is 14.5. The van der Waals surface area contributed by atoms with Gasteiger partial charge in [-0.1, -0.05) is 12.8 Å². The Kier molecular flexibility index (Phi) is 4.74. The normalized spacial score (nSPS) is 22.1. The van der Waals surface area contributed by atoms with Crippen LogP contribution in [-0.4, -0.2) is 29.1 Å². The minimum absolute atomic E-state index is 0.00803. The van der Waals surface area contributed by atoms with Crippen LogP contribution in [0.15, 0.2) is 24.3 Å². The highest BCUT2D eigenvalue weighted by Gasteiger charge is 2.24. The van der Waals surface area contributed by atoms with Gasteiger partial charge in [-0.05, 0) is 44.0 Å². The molecule has 1 saturated carbocycles. The number of hydrogen-bond acceptors (Lipinski definition) is 3. The third-order valence-corrected chi connectivity index (χ3v) is 3.60. The molecule has 0 bridgehead atoms. The number of amides is 2. The second-order valence-electron chi connectivity index (χ2n) is 5.19. The summed E-state index contributed by atoms with van der Waals surface area (Å²) >= 11 is 0. The van der Waals surface area contributed by atoms with E-state index in [0.717, 1.165) is 25.7 Å². The Labute approximate surface area is 118 Å². The maximum absolute atomic E-state index is 11.8. The van der Waals surface area contributed by atoms with Gasteiger partial charge in [-0.3, -0.25) is 4.79 Å². The van der Waals surface area contributed by atoms with Crippen molar-refractivity contribution in [1.29, 1.82) is 0 Å². The zero-order valence-corrected chi connectivity index (χ0v) is 11.6. The Hall–Kier alpha value is -1.88. The van der Waals surface area contributed by atoms with Gasteiger partial charge in [0.15, 0.2) is 5.78 Å². The summed E-state index contributed by atoms with van der Waals surface area (Å²) in [7, 11) is 0. The molecule has 2 amide bonds. The van der Waals surface area contributed by atoms with Gasteiger partial charge < -0.3 is 15.7 Å². The van der Waals surface area contributed by atoms with Crippen molar-refractivity contribution in [3.63, 3.8) is 0 Å². The standard InChI is InChI=1S/C15H20N2O3/c1-10(18)11-6-8-12(9-7-11)16-15(20)17-13-4-2-3-5-14(13)19/h6-9,13-14,19H,2-5H2,1H3,(H2,16,17,20)/t13-,14-/m0/s1. The smallest absolute Gasteiger partial charge is 0.319 e. The summed E-state index contributed by atoms with van der Waals surface area (Å²) in [6.45, 7) is 1.50. The molecule has 5 nitrogen and oxygen atoms in total. The molecule has 20 heavy (non-hydrogen) atoms. The number of aliphatic hydroxyl groups is 1. The second-order valence-corrected chi connectivity index (χ2v) is 5.19. The molecule has 3 N–H and O–H groups in total. The fourth-order valence-electron chi connectivity index (χ4n) is 2.40. The van der Waals surface area contributed by atoms with E-state index in [-0.39, 0.29) is 17.9 Å². The molecule has 1 fully saturated rings. The van der Waals surface area contributed by atoms with Crippen LogP contribution in [0.5, 0.6) is 0 Å². The SMILES string of the molecule is CC(=O)c1ccc(NC(=O)N[C@H]2CCCC[C@@H]2O)cc1. The lowest BCUT2D eigenvalue weighted by Crippen LogP contribution is -2.46. The highest BCUT2D eigenvalue weighted by Crippen LogP contribution is 2.18. The Morgan fingerprint density at radius 3 is 2.40 bits per heavy atom. The predicted molar refractivity (Wildman–Crippen MR) is 76.9 cm³/mol. The van der Waals surface area contributed by atoms with Crippen molar-refractivity contribution in [2.24, 2.45) is 0 Å². The van der Waals surface area contributed by atoms with Gasteiger partial charge in [0.2, 0.25) is 0 Å². The topological polar surface area (TPSA) is 78.4 Å². The molecule has 0 aromatic heterocycles. The Balaban J connectivity index is 1.89. The number of anilines is 1. The third-order valence-electron chi connectivity index (χ3n) is 3.60. The zero-order chi connectivity index (χ0) is 14.5. The van der Waals surface area contributed by atoms with Crippen LogP contribution in [0.4, 0.5) is 10.5 Å². The lowest BCUT2D eigenvalue weighted by molar-refractivity contribution is 0.0955. The molecule has 0 saturated heterocycles. The first-order chi connectivity index (χ1) is 9.56. The van der Waals surface area contributed by atoms with Gasteiger partial charge in [-0.25, -0.2) is 4.79 Å². The monoisotopic (exact) mass is 276 g/mol. The molecule has 1 aliphatic carbocycles. The van der Waals surface area contributed by atoms with Gasteiger partial charge in [0.25, 0.3) is 0 Å². The third kappa shape index (κ3) is 3.81. The molecule has 1 aromatic carbocycles. The van der Waals surface area contributed by atoms with E-state index in [1.165, 1.54) is 6.92 Å². The van der Waals surface area contributed by atoms with Gasteiger partial charge >= 0.3 is 6.03 Å². The molecule has 0 heterocycles. The van der Waals surface area contributed by atoms with Crippen LogP contribution in [0, 0.1) is 0 Å². The number of benzene rings is 1. The molecule has 108 valence electrons. The molecule has 5 heteroatoms. The van der Waals surface area contributed by atoms with Crippen LogP contribution in [-0.2, 0) is 0 Å². The number of carbonyl (C=O) groups excluding carboxylic acids is 2. The lowest BCUT2D eigenvalue weighted by atomic mass is 9.93. The van der Waals surface area contributed by atoms with E-state index in [0.29, 0.717) is 11.3 Å². The van der Waals surface area contributed by atoms with Gasteiger partial charge in [0.05, 0.1) is 12.1 Å². The minimum Gasteiger partial charge on any atom is -0.391 e. The summed E-state index contributed by atoms with van der Waals surface area (Å²) in [5.41, 5.74) is 1.23. The molecule has 0 unspecified atom stereocenters. The highest BCUT2D eigenvalue weighted by molar-refractivity contribution is 5.95. The van der Waals surface area contributed by atoms with Crippen molar-refractivity contribution in [2.45, 2.75) is 44.8 Å². The average Bonchev–Trinajstić information content (AvgIpc) is 2.42. The maximum Gasteiger partial charge on any atom is 0.319 e. The predicted octanol–water partition coefficient (Wildman–Crippen LogP) is 2.31. The van der Waals surface area contributed by atoms with Crippen molar-refractivity contribution in [3.8, 4) is 0 Å². The van der Waals surface area contributed by atoms with Crippen LogP contribution in [0.2, 0.25) is 0 Å². The highest BCUT2D eigenvalue weighted by atomic mass is 16.3. The van der Waals surface area contributed by atoms with E-state index in [9.17, 15) is 14.7 Å². The first-order valence-electron chi connectivity index (χ1n) is 6.93. The van der Waals surface area contributed by atoms with E-state index in [4.69, 9.17) is 0 Å².